The molecule has 0 aliphatic carbocycles. The molecule has 0 saturated carbocycles. The van der Waals surface area contributed by atoms with Crippen LogP contribution in [0.15, 0.2) is 42.5 Å². The summed E-state index contributed by atoms with van der Waals surface area (Å²) in [6, 6.07) is 11.5. The maximum absolute atomic E-state index is 13.6. The lowest BCUT2D eigenvalue weighted by molar-refractivity contribution is -0.140. The first-order chi connectivity index (χ1) is 15.6. The summed E-state index contributed by atoms with van der Waals surface area (Å²) >= 11 is 6.33. The van der Waals surface area contributed by atoms with Gasteiger partial charge in [-0.3, -0.25) is 13.9 Å². The number of aryl methyl sites for hydroxylation is 2. The van der Waals surface area contributed by atoms with Gasteiger partial charge in [-0.2, -0.15) is 0 Å². The minimum Gasteiger partial charge on any atom is -0.350 e. The van der Waals surface area contributed by atoms with Crippen LogP contribution < -0.4 is 9.62 Å². The van der Waals surface area contributed by atoms with Crippen molar-refractivity contribution in [1.82, 2.24) is 10.2 Å². The minimum absolute atomic E-state index is 0.0573. The molecule has 0 aromatic heterocycles. The zero-order valence-corrected chi connectivity index (χ0v) is 22.4. The van der Waals surface area contributed by atoms with Crippen LogP contribution in [0.25, 0.3) is 0 Å². The van der Waals surface area contributed by atoms with Crippen LogP contribution in [0.1, 0.15) is 44.4 Å². The number of hydrogen-bond donors (Lipinski definition) is 1. The Kier molecular flexibility index (Phi) is 8.77. The highest BCUT2D eigenvalue weighted by molar-refractivity contribution is 7.92. The minimum atomic E-state index is -3.78. The van der Waals surface area contributed by atoms with Crippen LogP contribution in [0.5, 0.6) is 0 Å². The predicted octanol–water partition coefficient (Wildman–Crippen LogP) is 4.05. The first-order valence-electron chi connectivity index (χ1n) is 11.0. The molecule has 0 fully saturated rings. The number of rotatable bonds is 8. The summed E-state index contributed by atoms with van der Waals surface area (Å²) in [6.07, 6.45) is 1.06. The molecule has 0 radical (unpaired) electrons. The lowest BCUT2D eigenvalue weighted by Crippen LogP contribution is -2.54. The molecular weight excluding hydrogens is 474 g/mol. The van der Waals surface area contributed by atoms with Crippen molar-refractivity contribution >= 4 is 39.1 Å². The van der Waals surface area contributed by atoms with Crippen molar-refractivity contribution < 1.29 is 18.0 Å². The number of halogens is 1. The molecule has 2 aromatic carbocycles. The van der Waals surface area contributed by atoms with Crippen molar-refractivity contribution in [3.8, 4) is 0 Å². The van der Waals surface area contributed by atoms with Gasteiger partial charge in [-0.15, -0.1) is 0 Å². The number of nitrogens with zero attached hydrogens (tertiary/aromatic N) is 2. The lowest BCUT2D eigenvalue weighted by atomic mass is 10.1. The number of nitrogens with one attached hydrogen (secondary N) is 1. The Morgan fingerprint density at radius 1 is 1.09 bits per heavy atom. The summed E-state index contributed by atoms with van der Waals surface area (Å²) in [6.45, 7) is 10.5. The molecule has 34 heavy (non-hydrogen) atoms. The smallest absolute Gasteiger partial charge is 0.244 e. The van der Waals surface area contributed by atoms with Crippen molar-refractivity contribution in [2.45, 2.75) is 59.7 Å². The standard InChI is InChI=1S/C25H34ClN3O4S/c1-17-12-13-22(18(2)14-17)29(34(7,32)33)16-23(30)28(15-20-10-8-9-11-21(20)26)19(3)24(31)27-25(4,5)6/h8-14,19H,15-16H2,1-7H3,(H,27,31). The van der Waals surface area contributed by atoms with Crippen LogP contribution in [0.3, 0.4) is 0 Å². The van der Waals surface area contributed by atoms with E-state index in [1.165, 1.54) is 4.90 Å². The maximum Gasteiger partial charge on any atom is 0.244 e. The van der Waals surface area contributed by atoms with E-state index in [2.05, 4.69) is 5.32 Å². The summed E-state index contributed by atoms with van der Waals surface area (Å²) < 4.78 is 26.5. The Balaban J connectivity index is 2.45. The molecule has 0 aliphatic rings. The third kappa shape index (κ3) is 7.46. The summed E-state index contributed by atoms with van der Waals surface area (Å²) in [7, 11) is -3.78. The van der Waals surface area contributed by atoms with Crippen LogP contribution >= 0.6 is 11.6 Å². The molecule has 1 atom stereocenters. The van der Waals surface area contributed by atoms with Gasteiger partial charge in [0.15, 0.2) is 0 Å². The number of amides is 2. The fraction of sp³-hybridized carbons (Fsp3) is 0.440. The lowest BCUT2D eigenvalue weighted by Gasteiger charge is -2.33. The highest BCUT2D eigenvalue weighted by Gasteiger charge is 2.32. The number of carbonyl (C=O) groups is 2. The van der Waals surface area contributed by atoms with Gasteiger partial charge in [0.05, 0.1) is 11.9 Å². The molecule has 0 heterocycles. The molecule has 2 rings (SSSR count). The summed E-state index contributed by atoms with van der Waals surface area (Å²) in [5, 5.41) is 3.34. The average Bonchev–Trinajstić information content (AvgIpc) is 2.69. The van der Waals surface area contributed by atoms with Gasteiger partial charge in [-0.25, -0.2) is 8.42 Å². The number of benzene rings is 2. The van der Waals surface area contributed by atoms with Gasteiger partial charge in [0.25, 0.3) is 0 Å². The van der Waals surface area contributed by atoms with Crippen molar-refractivity contribution in [2.24, 2.45) is 0 Å². The summed E-state index contributed by atoms with van der Waals surface area (Å²) in [5.41, 5.74) is 2.29. The van der Waals surface area contributed by atoms with Gasteiger partial charge >= 0.3 is 0 Å². The number of hydrogen-bond acceptors (Lipinski definition) is 4. The number of sulfonamides is 1. The highest BCUT2D eigenvalue weighted by atomic mass is 35.5. The van der Waals surface area contributed by atoms with E-state index in [0.29, 0.717) is 16.3 Å². The zero-order chi connectivity index (χ0) is 25.8. The molecule has 1 unspecified atom stereocenters. The second-order valence-electron chi connectivity index (χ2n) is 9.59. The molecule has 9 heteroatoms. The second kappa shape index (κ2) is 10.8. The van der Waals surface area contributed by atoms with Gasteiger partial charge in [0.1, 0.15) is 12.6 Å². The van der Waals surface area contributed by atoms with Crippen molar-refractivity contribution in [3.63, 3.8) is 0 Å². The van der Waals surface area contributed by atoms with E-state index in [-0.39, 0.29) is 12.5 Å². The molecule has 0 aliphatic heterocycles. The van der Waals surface area contributed by atoms with E-state index < -0.39 is 34.1 Å². The Morgan fingerprint density at radius 2 is 1.71 bits per heavy atom. The Hall–Kier alpha value is -2.58. The molecule has 186 valence electrons. The van der Waals surface area contributed by atoms with Gasteiger partial charge in [0, 0.05) is 17.1 Å². The molecule has 0 bridgehead atoms. The summed E-state index contributed by atoms with van der Waals surface area (Å²) in [4.78, 5) is 27.9. The molecule has 2 aromatic rings. The molecule has 2 amide bonds. The zero-order valence-electron chi connectivity index (χ0n) is 20.8. The van der Waals surface area contributed by atoms with E-state index in [0.717, 1.165) is 21.7 Å². The van der Waals surface area contributed by atoms with Gasteiger partial charge in [0.2, 0.25) is 21.8 Å². The highest BCUT2D eigenvalue weighted by Crippen LogP contribution is 2.25. The second-order valence-corrected chi connectivity index (χ2v) is 11.9. The molecule has 0 spiro atoms. The Morgan fingerprint density at radius 3 is 2.24 bits per heavy atom. The third-order valence-electron chi connectivity index (χ3n) is 5.26. The summed E-state index contributed by atoms with van der Waals surface area (Å²) in [5.74, 6) is -0.854. The maximum atomic E-state index is 13.6. The van der Waals surface area contributed by atoms with E-state index in [4.69, 9.17) is 11.6 Å². The van der Waals surface area contributed by atoms with Gasteiger partial charge in [-0.05, 0) is 64.8 Å². The average molecular weight is 508 g/mol. The number of carbonyl (C=O) groups excluding carboxylic acids is 2. The largest absolute Gasteiger partial charge is 0.350 e. The van der Waals surface area contributed by atoms with Crippen molar-refractivity contribution in [3.05, 3.63) is 64.2 Å². The van der Waals surface area contributed by atoms with Crippen molar-refractivity contribution in [2.75, 3.05) is 17.1 Å². The van der Waals surface area contributed by atoms with Gasteiger partial charge < -0.3 is 10.2 Å². The molecule has 1 N–H and O–H groups in total. The Labute approximate surface area is 208 Å². The molecule has 7 nitrogen and oxygen atoms in total. The quantitative estimate of drug-likeness (QED) is 0.583. The SMILES string of the molecule is Cc1ccc(N(CC(=O)N(Cc2ccccc2Cl)C(C)C(=O)NC(C)(C)C)S(C)(=O)=O)c(C)c1. The topological polar surface area (TPSA) is 86.8 Å². The van der Waals surface area contributed by atoms with Crippen LogP contribution in [0, 0.1) is 13.8 Å². The fourth-order valence-electron chi connectivity index (χ4n) is 3.55. The molecular formula is C25H34ClN3O4S. The fourth-order valence-corrected chi connectivity index (χ4v) is 4.65. The van der Waals surface area contributed by atoms with E-state index >= 15 is 0 Å². The van der Waals surface area contributed by atoms with Crippen LogP contribution in [-0.2, 0) is 26.2 Å². The van der Waals surface area contributed by atoms with Gasteiger partial charge in [-0.1, -0.05) is 47.5 Å². The normalized spacial score (nSPS) is 12.7. The van der Waals surface area contributed by atoms with Crippen LogP contribution in [0.2, 0.25) is 5.02 Å². The first kappa shape index (κ1) is 27.7. The molecule has 0 saturated heterocycles. The number of anilines is 1. The van der Waals surface area contributed by atoms with E-state index in [1.54, 1.807) is 50.2 Å². The predicted molar refractivity (Wildman–Crippen MR) is 137 cm³/mol. The van der Waals surface area contributed by atoms with Crippen LogP contribution in [-0.4, -0.2) is 49.5 Å². The van der Waals surface area contributed by atoms with Crippen LogP contribution in [0.4, 0.5) is 5.69 Å². The Bertz CT molecular complexity index is 1160. The van der Waals surface area contributed by atoms with E-state index in [1.807, 2.05) is 33.8 Å². The third-order valence-corrected chi connectivity index (χ3v) is 6.76. The first-order valence-corrected chi connectivity index (χ1v) is 13.2. The monoisotopic (exact) mass is 507 g/mol. The van der Waals surface area contributed by atoms with E-state index in [9.17, 15) is 18.0 Å². The van der Waals surface area contributed by atoms with Crippen molar-refractivity contribution in [1.29, 1.82) is 0 Å².